The lowest BCUT2D eigenvalue weighted by molar-refractivity contribution is 0.0699. The van der Waals surface area contributed by atoms with Crippen molar-refractivity contribution in [2.45, 2.75) is 33.2 Å². The molecule has 1 amide bonds. The van der Waals surface area contributed by atoms with Crippen LogP contribution in [0.25, 0.3) is 0 Å². The Balaban J connectivity index is 2.87. The number of hydrogen-bond donors (Lipinski definition) is 0. The quantitative estimate of drug-likeness (QED) is 0.795. The number of nitrogens with zero attached hydrogens (tertiary/aromatic N) is 1. The van der Waals surface area contributed by atoms with Crippen LogP contribution in [0.15, 0.2) is 16.7 Å². The highest BCUT2D eigenvalue weighted by molar-refractivity contribution is 6.32. The molecule has 0 spiro atoms. The predicted molar refractivity (Wildman–Crippen MR) is 60.2 cm³/mol. The number of amides is 1. The van der Waals surface area contributed by atoms with Crippen LogP contribution < -0.4 is 0 Å². The highest BCUT2D eigenvalue weighted by Crippen LogP contribution is 2.20. The molecule has 1 aromatic heterocycles. The van der Waals surface area contributed by atoms with E-state index < -0.39 is 0 Å². The predicted octanol–water partition coefficient (Wildman–Crippen LogP) is 3.19. The summed E-state index contributed by atoms with van der Waals surface area (Å²) in [6.45, 7) is 6.71. The van der Waals surface area contributed by atoms with Gasteiger partial charge in [-0.3, -0.25) is 4.79 Å². The molecule has 0 aliphatic rings. The van der Waals surface area contributed by atoms with Gasteiger partial charge in [-0.05, 0) is 37.9 Å². The molecular weight excluding hydrogens is 214 g/mol. The van der Waals surface area contributed by atoms with Crippen LogP contribution in [0.3, 0.4) is 0 Å². The Hall–Kier alpha value is -0.960. The molecule has 4 heteroatoms. The normalized spacial score (nSPS) is 12.5. The Kier molecular flexibility index (Phi) is 4.21. The molecule has 0 bridgehead atoms. The average Bonchev–Trinajstić information content (AvgIpc) is 2.65. The summed E-state index contributed by atoms with van der Waals surface area (Å²) < 4.78 is 4.91. The zero-order valence-corrected chi connectivity index (χ0v) is 10.0. The Morgan fingerprint density at radius 2 is 2.27 bits per heavy atom. The van der Waals surface area contributed by atoms with Crippen molar-refractivity contribution in [3.63, 3.8) is 0 Å². The molecule has 1 unspecified atom stereocenters. The van der Waals surface area contributed by atoms with Crippen LogP contribution in [0.5, 0.6) is 0 Å². The van der Waals surface area contributed by atoms with E-state index >= 15 is 0 Å². The molecule has 0 aliphatic heterocycles. The Morgan fingerprint density at radius 3 is 2.67 bits per heavy atom. The first-order valence-corrected chi connectivity index (χ1v) is 5.53. The van der Waals surface area contributed by atoms with E-state index in [2.05, 4.69) is 6.92 Å². The number of hydrogen-bond acceptors (Lipinski definition) is 2. The Morgan fingerprint density at radius 1 is 1.60 bits per heavy atom. The standard InChI is InChI=1S/C11H16ClNO2/c1-4-8(3)13(5-2)11(14)9-6-7-15-10(9)12/h6-8H,4-5H2,1-3H3. The molecule has 1 atom stereocenters. The molecule has 0 radical (unpaired) electrons. The molecule has 0 aromatic carbocycles. The van der Waals surface area contributed by atoms with Gasteiger partial charge in [0, 0.05) is 12.6 Å². The smallest absolute Gasteiger partial charge is 0.258 e. The van der Waals surface area contributed by atoms with Crippen LogP contribution in [0.2, 0.25) is 5.22 Å². The van der Waals surface area contributed by atoms with Crippen molar-refractivity contribution in [1.29, 1.82) is 0 Å². The van der Waals surface area contributed by atoms with Gasteiger partial charge in [0.25, 0.3) is 5.91 Å². The largest absolute Gasteiger partial charge is 0.452 e. The third-order valence-corrected chi connectivity index (χ3v) is 2.87. The second-order valence-electron chi connectivity index (χ2n) is 3.46. The molecule has 84 valence electrons. The minimum atomic E-state index is -0.0643. The summed E-state index contributed by atoms with van der Waals surface area (Å²) in [4.78, 5) is 13.8. The minimum Gasteiger partial charge on any atom is -0.452 e. The first-order valence-electron chi connectivity index (χ1n) is 5.15. The first kappa shape index (κ1) is 12.1. The minimum absolute atomic E-state index is 0.0643. The SMILES string of the molecule is CCC(C)N(CC)C(=O)c1ccoc1Cl. The summed E-state index contributed by atoms with van der Waals surface area (Å²) in [5, 5.41) is 0.168. The lowest BCUT2D eigenvalue weighted by Gasteiger charge is -2.26. The first-order chi connectivity index (χ1) is 7.11. The van der Waals surface area contributed by atoms with Crippen molar-refractivity contribution in [2.75, 3.05) is 6.54 Å². The van der Waals surface area contributed by atoms with Crippen molar-refractivity contribution < 1.29 is 9.21 Å². The highest BCUT2D eigenvalue weighted by Gasteiger charge is 2.22. The van der Waals surface area contributed by atoms with E-state index in [4.69, 9.17) is 16.0 Å². The second kappa shape index (κ2) is 5.21. The van der Waals surface area contributed by atoms with Crippen molar-refractivity contribution in [3.8, 4) is 0 Å². The van der Waals surface area contributed by atoms with E-state index in [1.165, 1.54) is 6.26 Å². The Bertz CT molecular complexity index is 335. The van der Waals surface area contributed by atoms with Gasteiger partial charge in [0.2, 0.25) is 5.22 Å². The van der Waals surface area contributed by atoms with Gasteiger partial charge in [0.05, 0.1) is 11.8 Å². The fraction of sp³-hybridized carbons (Fsp3) is 0.545. The topological polar surface area (TPSA) is 33.5 Å². The fourth-order valence-corrected chi connectivity index (χ4v) is 1.67. The van der Waals surface area contributed by atoms with Crippen molar-refractivity contribution in [2.24, 2.45) is 0 Å². The van der Waals surface area contributed by atoms with Crippen LogP contribution in [0.4, 0.5) is 0 Å². The van der Waals surface area contributed by atoms with Crippen molar-refractivity contribution in [1.82, 2.24) is 4.90 Å². The molecule has 0 N–H and O–H groups in total. The molecule has 3 nitrogen and oxygen atoms in total. The maximum absolute atomic E-state index is 12.0. The molecule has 15 heavy (non-hydrogen) atoms. The maximum atomic E-state index is 12.0. The summed E-state index contributed by atoms with van der Waals surface area (Å²) in [5.74, 6) is -0.0643. The molecule has 1 heterocycles. The van der Waals surface area contributed by atoms with Gasteiger partial charge in [-0.1, -0.05) is 6.92 Å². The lowest BCUT2D eigenvalue weighted by Crippen LogP contribution is -2.38. The van der Waals surface area contributed by atoms with E-state index in [1.807, 2.05) is 13.8 Å². The number of carbonyl (C=O) groups is 1. The Labute approximate surface area is 95.0 Å². The fourth-order valence-electron chi connectivity index (χ4n) is 1.48. The molecule has 0 fully saturated rings. The van der Waals surface area contributed by atoms with Gasteiger partial charge < -0.3 is 9.32 Å². The molecule has 1 rings (SSSR count). The number of halogens is 1. The zero-order chi connectivity index (χ0) is 11.4. The van der Waals surface area contributed by atoms with Crippen LogP contribution >= 0.6 is 11.6 Å². The van der Waals surface area contributed by atoms with Crippen LogP contribution in [0.1, 0.15) is 37.6 Å². The molecule has 0 saturated heterocycles. The summed E-state index contributed by atoms with van der Waals surface area (Å²) >= 11 is 5.77. The summed E-state index contributed by atoms with van der Waals surface area (Å²) in [7, 11) is 0. The van der Waals surface area contributed by atoms with Gasteiger partial charge in [0.1, 0.15) is 0 Å². The van der Waals surface area contributed by atoms with Crippen molar-refractivity contribution >= 4 is 17.5 Å². The van der Waals surface area contributed by atoms with E-state index in [9.17, 15) is 4.79 Å². The van der Waals surface area contributed by atoms with Gasteiger partial charge in [-0.2, -0.15) is 0 Å². The molecule has 0 aliphatic carbocycles. The molecular formula is C11H16ClNO2. The zero-order valence-electron chi connectivity index (χ0n) is 9.29. The van der Waals surface area contributed by atoms with E-state index in [-0.39, 0.29) is 17.2 Å². The van der Waals surface area contributed by atoms with E-state index in [0.29, 0.717) is 12.1 Å². The summed E-state index contributed by atoms with van der Waals surface area (Å²) in [6, 6.07) is 1.82. The lowest BCUT2D eigenvalue weighted by atomic mass is 10.2. The number of furan rings is 1. The van der Waals surface area contributed by atoms with Gasteiger partial charge >= 0.3 is 0 Å². The van der Waals surface area contributed by atoms with Gasteiger partial charge in [0.15, 0.2) is 0 Å². The highest BCUT2D eigenvalue weighted by atomic mass is 35.5. The monoisotopic (exact) mass is 229 g/mol. The third-order valence-electron chi connectivity index (χ3n) is 2.57. The van der Waals surface area contributed by atoms with E-state index in [1.54, 1.807) is 11.0 Å². The number of carbonyl (C=O) groups excluding carboxylic acids is 1. The maximum Gasteiger partial charge on any atom is 0.258 e. The van der Waals surface area contributed by atoms with E-state index in [0.717, 1.165) is 6.42 Å². The molecule has 0 saturated carbocycles. The van der Waals surface area contributed by atoms with Crippen LogP contribution in [-0.4, -0.2) is 23.4 Å². The van der Waals surface area contributed by atoms with Crippen LogP contribution in [0, 0.1) is 0 Å². The van der Waals surface area contributed by atoms with Gasteiger partial charge in [-0.25, -0.2) is 0 Å². The average molecular weight is 230 g/mol. The third kappa shape index (κ3) is 2.53. The molecule has 1 aromatic rings. The second-order valence-corrected chi connectivity index (χ2v) is 3.80. The summed E-state index contributed by atoms with van der Waals surface area (Å²) in [5.41, 5.74) is 0.443. The van der Waals surface area contributed by atoms with Gasteiger partial charge in [-0.15, -0.1) is 0 Å². The number of rotatable bonds is 4. The van der Waals surface area contributed by atoms with Crippen LogP contribution in [-0.2, 0) is 0 Å². The summed E-state index contributed by atoms with van der Waals surface area (Å²) in [6.07, 6.45) is 2.36. The van der Waals surface area contributed by atoms with Crippen molar-refractivity contribution in [3.05, 3.63) is 23.1 Å².